The molecule has 0 bridgehead atoms. The SMILES string of the molecule is CN(CC1CCCN1)S(=O)(=O)CCS(C)(=O)=O. The quantitative estimate of drug-likeness (QED) is 0.679. The molecule has 0 radical (unpaired) electrons. The number of rotatable bonds is 6. The van der Waals surface area contributed by atoms with Crippen LogP contribution >= 0.6 is 0 Å². The van der Waals surface area contributed by atoms with E-state index in [1.807, 2.05) is 0 Å². The minimum atomic E-state index is -3.47. The molecule has 1 saturated heterocycles. The number of likely N-dealkylation sites (N-methyl/N-ethyl adjacent to an activating group) is 1. The molecule has 1 fully saturated rings. The molecular weight excluding hydrogens is 264 g/mol. The summed E-state index contributed by atoms with van der Waals surface area (Å²) in [6, 6.07) is 0.188. The lowest BCUT2D eigenvalue weighted by atomic mass is 10.2. The molecule has 0 saturated carbocycles. The second kappa shape index (κ2) is 5.64. The Bertz CT molecular complexity index is 438. The van der Waals surface area contributed by atoms with Crippen LogP contribution < -0.4 is 5.32 Å². The molecule has 1 aliphatic heterocycles. The Balaban J connectivity index is 2.51. The molecule has 1 rings (SSSR count). The summed E-state index contributed by atoms with van der Waals surface area (Å²) in [7, 11) is -5.21. The van der Waals surface area contributed by atoms with Gasteiger partial charge in [0, 0.05) is 25.9 Å². The molecule has 0 aromatic heterocycles. The first-order valence-corrected chi connectivity index (χ1v) is 9.23. The Hall–Kier alpha value is -0.180. The molecule has 17 heavy (non-hydrogen) atoms. The van der Waals surface area contributed by atoms with Crippen LogP contribution in [0.4, 0.5) is 0 Å². The van der Waals surface area contributed by atoms with Crippen LogP contribution in [-0.4, -0.2) is 65.1 Å². The van der Waals surface area contributed by atoms with Gasteiger partial charge in [0.2, 0.25) is 10.0 Å². The van der Waals surface area contributed by atoms with Crippen LogP contribution in [0.2, 0.25) is 0 Å². The second-order valence-corrected chi connectivity index (χ2v) is 8.97. The fraction of sp³-hybridized carbons (Fsp3) is 1.00. The van der Waals surface area contributed by atoms with Crippen LogP contribution in [0, 0.1) is 0 Å². The van der Waals surface area contributed by atoms with Crippen LogP contribution in [0.3, 0.4) is 0 Å². The van der Waals surface area contributed by atoms with Crippen molar-refractivity contribution in [1.29, 1.82) is 0 Å². The van der Waals surface area contributed by atoms with E-state index >= 15 is 0 Å². The Kier molecular flexibility index (Phi) is 4.94. The summed E-state index contributed by atoms with van der Waals surface area (Å²) in [6.45, 7) is 1.33. The first kappa shape index (κ1) is 14.9. The maximum absolute atomic E-state index is 11.8. The molecule has 1 atom stereocenters. The van der Waals surface area contributed by atoms with Crippen LogP contribution in [-0.2, 0) is 19.9 Å². The van der Waals surface area contributed by atoms with Gasteiger partial charge in [-0.3, -0.25) is 0 Å². The molecule has 0 aromatic rings. The highest BCUT2D eigenvalue weighted by Gasteiger charge is 2.24. The predicted octanol–water partition coefficient (Wildman–Crippen LogP) is -0.955. The fourth-order valence-electron chi connectivity index (χ4n) is 1.75. The summed E-state index contributed by atoms with van der Waals surface area (Å²) < 4.78 is 46.7. The van der Waals surface area contributed by atoms with Crippen molar-refractivity contribution in [3.05, 3.63) is 0 Å². The Morgan fingerprint density at radius 2 is 1.88 bits per heavy atom. The summed E-state index contributed by atoms with van der Waals surface area (Å²) in [5, 5.41) is 3.21. The average molecular weight is 284 g/mol. The third-order valence-electron chi connectivity index (χ3n) is 2.83. The largest absolute Gasteiger partial charge is 0.313 e. The normalized spacial score (nSPS) is 22.2. The monoisotopic (exact) mass is 284 g/mol. The van der Waals surface area contributed by atoms with E-state index in [4.69, 9.17) is 0 Å². The third-order valence-corrected chi connectivity index (χ3v) is 5.85. The second-order valence-electron chi connectivity index (χ2n) is 4.52. The molecule has 8 heteroatoms. The molecule has 0 aromatic carbocycles. The van der Waals surface area contributed by atoms with E-state index in [1.165, 1.54) is 11.4 Å². The molecule has 6 nitrogen and oxygen atoms in total. The highest BCUT2D eigenvalue weighted by Crippen LogP contribution is 2.09. The molecule has 0 spiro atoms. The predicted molar refractivity (Wildman–Crippen MR) is 67.2 cm³/mol. The van der Waals surface area contributed by atoms with Gasteiger partial charge in [0.25, 0.3) is 0 Å². The van der Waals surface area contributed by atoms with E-state index in [9.17, 15) is 16.8 Å². The minimum absolute atomic E-state index is 0.188. The van der Waals surface area contributed by atoms with E-state index in [2.05, 4.69) is 5.32 Å². The zero-order valence-corrected chi connectivity index (χ0v) is 11.8. The lowest BCUT2D eigenvalue weighted by Crippen LogP contribution is -2.40. The summed E-state index contributed by atoms with van der Waals surface area (Å²) in [5.41, 5.74) is 0. The van der Waals surface area contributed by atoms with E-state index in [-0.39, 0.29) is 17.5 Å². The Morgan fingerprint density at radius 3 is 2.35 bits per heavy atom. The summed E-state index contributed by atoms with van der Waals surface area (Å²) in [6.07, 6.45) is 3.06. The minimum Gasteiger partial charge on any atom is -0.313 e. The van der Waals surface area contributed by atoms with Gasteiger partial charge in [-0.15, -0.1) is 0 Å². The van der Waals surface area contributed by atoms with Crippen molar-refractivity contribution in [2.24, 2.45) is 0 Å². The number of sulfonamides is 1. The number of nitrogens with one attached hydrogen (secondary N) is 1. The van der Waals surface area contributed by atoms with Gasteiger partial charge in [-0.2, -0.15) is 0 Å². The highest BCUT2D eigenvalue weighted by molar-refractivity contribution is 7.93. The lowest BCUT2D eigenvalue weighted by molar-refractivity contribution is 0.418. The standard InChI is InChI=1S/C9H20N2O4S2/c1-11(8-9-4-3-5-10-9)17(14,15)7-6-16(2,12)13/h9-10H,3-8H2,1-2H3. The zero-order valence-electron chi connectivity index (χ0n) is 10.2. The van der Waals surface area contributed by atoms with Crippen LogP contribution in [0.5, 0.6) is 0 Å². The summed E-state index contributed by atoms with van der Waals surface area (Å²) in [5.74, 6) is -0.660. The number of hydrogen-bond donors (Lipinski definition) is 1. The van der Waals surface area contributed by atoms with Crippen molar-refractivity contribution >= 4 is 19.9 Å². The molecule has 1 unspecified atom stereocenters. The zero-order chi connectivity index (χ0) is 13.1. The topological polar surface area (TPSA) is 83.6 Å². The summed E-state index contributed by atoms with van der Waals surface area (Å²) >= 11 is 0. The van der Waals surface area contributed by atoms with E-state index in [0.717, 1.165) is 25.6 Å². The van der Waals surface area contributed by atoms with E-state index < -0.39 is 19.9 Å². The molecule has 0 aliphatic carbocycles. The van der Waals surface area contributed by atoms with Gasteiger partial charge in [-0.25, -0.2) is 21.1 Å². The maximum Gasteiger partial charge on any atom is 0.214 e. The number of hydrogen-bond acceptors (Lipinski definition) is 5. The molecule has 0 amide bonds. The highest BCUT2D eigenvalue weighted by atomic mass is 32.2. The average Bonchev–Trinajstić information content (AvgIpc) is 2.66. The fourth-order valence-corrected chi connectivity index (χ4v) is 4.52. The number of sulfone groups is 1. The summed E-state index contributed by atoms with van der Waals surface area (Å²) in [4.78, 5) is 0. The Labute approximate surface area is 103 Å². The van der Waals surface area contributed by atoms with Crippen LogP contribution in [0.25, 0.3) is 0 Å². The van der Waals surface area contributed by atoms with Crippen LogP contribution in [0.15, 0.2) is 0 Å². The van der Waals surface area contributed by atoms with Gasteiger partial charge in [-0.05, 0) is 19.4 Å². The third kappa shape index (κ3) is 5.33. The van der Waals surface area contributed by atoms with Crippen molar-refractivity contribution in [2.75, 3.05) is 37.9 Å². The molecular formula is C9H20N2O4S2. The van der Waals surface area contributed by atoms with Crippen molar-refractivity contribution in [3.63, 3.8) is 0 Å². The molecule has 1 N–H and O–H groups in total. The smallest absolute Gasteiger partial charge is 0.214 e. The van der Waals surface area contributed by atoms with E-state index in [0.29, 0.717) is 6.54 Å². The van der Waals surface area contributed by atoms with Gasteiger partial charge in [0.05, 0.1) is 11.5 Å². The first-order chi connectivity index (χ1) is 7.71. The van der Waals surface area contributed by atoms with Crippen molar-refractivity contribution < 1.29 is 16.8 Å². The molecule has 1 heterocycles. The van der Waals surface area contributed by atoms with Crippen molar-refractivity contribution in [1.82, 2.24) is 9.62 Å². The van der Waals surface area contributed by atoms with Gasteiger partial charge < -0.3 is 5.32 Å². The van der Waals surface area contributed by atoms with Gasteiger partial charge in [0.15, 0.2) is 0 Å². The lowest BCUT2D eigenvalue weighted by Gasteiger charge is -2.20. The van der Waals surface area contributed by atoms with Gasteiger partial charge in [0.1, 0.15) is 9.84 Å². The van der Waals surface area contributed by atoms with Gasteiger partial charge >= 0.3 is 0 Å². The van der Waals surface area contributed by atoms with Crippen molar-refractivity contribution in [3.8, 4) is 0 Å². The number of nitrogens with zero attached hydrogens (tertiary/aromatic N) is 1. The molecule has 1 aliphatic rings. The maximum atomic E-state index is 11.8. The van der Waals surface area contributed by atoms with Crippen LogP contribution in [0.1, 0.15) is 12.8 Å². The first-order valence-electron chi connectivity index (χ1n) is 5.56. The van der Waals surface area contributed by atoms with Gasteiger partial charge in [-0.1, -0.05) is 0 Å². The van der Waals surface area contributed by atoms with Crippen molar-refractivity contribution in [2.45, 2.75) is 18.9 Å². The molecule has 102 valence electrons. The van der Waals surface area contributed by atoms with E-state index in [1.54, 1.807) is 0 Å². The Morgan fingerprint density at radius 1 is 1.24 bits per heavy atom.